The third-order valence-corrected chi connectivity index (χ3v) is 3.93. The Morgan fingerprint density at radius 3 is 2.82 bits per heavy atom. The van der Waals surface area contributed by atoms with Crippen molar-refractivity contribution in [2.75, 3.05) is 0 Å². The summed E-state index contributed by atoms with van der Waals surface area (Å²) in [6.07, 6.45) is 3.40. The van der Waals surface area contributed by atoms with E-state index in [-0.39, 0.29) is 10.6 Å². The maximum atomic E-state index is 12.0. The average Bonchev–Trinajstić information content (AvgIpc) is 2.79. The van der Waals surface area contributed by atoms with Gasteiger partial charge >= 0.3 is 0 Å². The van der Waals surface area contributed by atoms with Gasteiger partial charge in [-0.15, -0.1) is 0 Å². The number of hydrogen-bond donors (Lipinski definition) is 0. The summed E-state index contributed by atoms with van der Waals surface area (Å²) < 4.78 is 1.87. The van der Waals surface area contributed by atoms with Crippen LogP contribution in [0.4, 0.5) is 0 Å². The molecule has 0 aliphatic heterocycles. The highest BCUT2D eigenvalue weighted by molar-refractivity contribution is 9.10. The molecule has 0 fully saturated rings. The molecule has 0 amide bonds. The zero-order valence-electron chi connectivity index (χ0n) is 9.14. The zero-order valence-corrected chi connectivity index (χ0v) is 10.7. The van der Waals surface area contributed by atoms with E-state index in [9.17, 15) is 4.79 Å². The predicted octanol–water partition coefficient (Wildman–Crippen LogP) is 2.76. The van der Waals surface area contributed by atoms with Crippen LogP contribution in [0.1, 0.15) is 22.5 Å². The van der Waals surface area contributed by atoms with Gasteiger partial charge < -0.3 is 0 Å². The van der Waals surface area contributed by atoms with E-state index >= 15 is 0 Å². The molecular weight excluding hydrogens is 280 g/mol. The number of rotatable bonds is 1. The minimum atomic E-state index is -0.0524. The Hall–Kier alpha value is -1.42. The fraction of sp³-hybridized carbons (Fsp3) is 0.231. The highest BCUT2D eigenvalue weighted by Crippen LogP contribution is 2.27. The van der Waals surface area contributed by atoms with Crippen LogP contribution in [0.25, 0.3) is 5.69 Å². The van der Waals surface area contributed by atoms with Crippen molar-refractivity contribution >= 4 is 21.7 Å². The second kappa shape index (κ2) is 4.11. The number of benzene rings is 1. The molecule has 1 aliphatic rings. The lowest BCUT2D eigenvalue weighted by atomic mass is 9.96. The van der Waals surface area contributed by atoms with E-state index in [4.69, 9.17) is 0 Å². The molecule has 0 bridgehead atoms. The normalized spacial score (nSPS) is 19.1. The number of halogens is 1. The number of carbonyl (C=O) groups excluding carboxylic acids is 1. The molecule has 0 saturated carbocycles. The lowest BCUT2D eigenvalue weighted by molar-refractivity contribution is 0.0981. The Balaban J connectivity index is 2.11. The molecule has 1 aromatic carbocycles. The number of nitrogens with zero attached hydrogens (tertiary/aromatic N) is 2. The van der Waals surface area contributed by atoms with Crippen molar-refractivity contribution in [1.29, 1.82) is 0 Å². The second-order valence-electron chi connectivity index (χ2n) is 4.12. The first kappa shape index (κ1) is 10.7. The summed E-state index contributed by atoms with van der Waals surface area (Å²) >= 11 is 3.40. The molecule has 1 aromatic heterocycles. The van der Waals surface area contributed by atoms with Gasteiger partial charge in [0.1, 0.15) is 0 Å². The van der Waals surface area contributed by atoms with E-state index in [2.05, 4.69) is 21.0 Å². The highest BCUT2D eigenvalue weighted by atomic mass is 79.9. The number of aromatic nitrogens is 2. The summed E-state index contributed by atoms with van der Waals surface area (Å²) in [5, 5.41) is 4.33. The van der Waals surface area contributed by atoms with Crippen LogP contribution >= 0.6 is 15.9 Å². The van der Waals surface area contributed by atoms with Crippen molar-refractivity contribution in [1.82, 2.24) is 9.78 Å². The van der Waals surface area contributed by atoms with Gasteiger partial charge in [0.2, 0.25) is 0 Å². The van der Waals surface area contributed by atoms with E-state index in [1.807, 2.05) is 35.0 Å². The summed E-state index contributed by atoms with van der Waals surface area (Å²) in [6, 6.07) is 9.91. The molecule has 4 heteroatoms. The number of ketones is 1. The van der Waals surface area contributed by atoms with Gasteiger partial charge in [-0.1, -0.05) is 34.1 Å². The summed E-state index contributed by atoms with van der Waals surface area (Å²) in [5.74, 6) is 0.147. The summed E-state index contributed by atoms with van der Waals surface area (Å²) in [7, 11) is 0. The van der Waals surface area contributed by atoms with Crippen LogP contribution in [0, 0.1) is 0 Å². The van der Waals surface area contributed by atoms with Crippen LogP contribution < -0.4 is 0 Å². The fourth-order valence-electron chi connectivity index (χ4n) is 2.18. The van der Waals surface area contributed by atoms with E-state index < -0.39 is 0 Å². The predicted molar refractivity (Wildman–Crippen MR) is 68.9 cm³/mol. The third kappa shape index (κ3) is 1.72. The molecule has 86 valence electrons. The Labute approximate surface area is 108 Å². The van der Waals surface area contributed by atoms with Crippen LogP contribution in [-0.2, 0) is 6.42 Å². The standard InChI is InChI=1S/C13H11BrN2O/c14-11-6-7-12-10(13(11)17)8-15-16(12)9-4-2-1-3-5-9/h1-5,8,11H,6-7H2/t11-/m1/s1. The molecule has 0 spiro atoms. The summed E-state index contributed by atoms with van der Waals surface area (Å²) in [5.41, 5.74) is 2.79. The zero-order chi connectivity index (χ0) is 11.8. The first-order valence-electron chi connectivity index (χ1n) is 5.58. The first-order chi connectivity index (χ1) is 8.27. The topological polar surface area (TPSA) is 34.9 Å². The van der Waals surface area contributed by atoms with Gasteiger partial charge in [-0.05, 0) is 25.0 Å². The van der Waals surface area contributed by atoms with E-state index in [1.165, 1.54) is 0 Å². The minimum Gasteiger partial charge on any atom is -0.293 e. The molecule has 0 N–H and O–H groups in total. The SMILES string of the molecule is O=C1c2cnn(-c3ccccc3)c2CC[C@H]1Br. The van der Waals surface area contributed by atoms with Gasteiger partial charge in [0, 0.05) is 0 Å². The smallest absolute Gasteiger partial charge is 0.179 e. The maximum absolute atomic E-state index is 12.0. The quantitative estimate of drug-likeness (QED) is 0.757. The summed E-state index contributed by atoms with van der Waals surface area (Å²) in [6.45, 7) is 0. The van der Waals surface area contributed by atoms with E-state index in [0.717, 1.165) is 29.8 Å². The van der Waals surface area contributed by atoms with Crippen molar-refractivity contribution in [2.24, 2.45) is 0 Å². The Kier molecular flexibility index (Phi) is 2.59. The molecule has 1 heterocycles. The number of carbonyl (C=O) groups is 1. The van der Waals surface area contributed by atoms with Gasteiger partial charge in [-0.25, -0.2) is 4.68 Å². The van der Waals surface area contributed by atoms with Crippen LogP contribution in [-0.4, -0.2) is 20.4 Å². The van der Waals surface area contributed by atoms with Crippen molar-refractivity contribution < 1.29 is 4.79 Å². The molecule has 1 atom stereocenters. The van der Waals surface area contributed by atoms with Gasteiger partial charge in [-0.2, -0.15) is 5.10 Å². The molecule has 3 rings (SSSR count). The third-order valence-electron chi connectivity index (χ3n) is 3.05. The van der Waals surface area contributed by atoms with Crippen LogP contribution in [0.5, 0.6) is 0 Å². The summed E-state index contributed by atoms with van der Waals surface area (Å²) in [4.78, 5) is 11.9. The molecule has 0 unspecified atom stereocenters. The molecule has 1 aliphatic carbocycles. The largest absolute Gasteiger partial charge is 0.293 e. The fourth-order valence-corrected chi connectivity index (χ4v) is 2.65. The van der Waals surface area contributed by atoms with Gasteiger partial charge in [-0.3, -0.25) is 4.79 Å². The average molecular weight is 291 g/mol. The number of fused-ring (bicyclic) bond motifs is 1. The van der Waals surface area contributed by atoms with Crippen LogP contribution in [0.3, 0.4) is 0 Å². The van der Waals surface area contributed by atoms with Crippen molar-refractivity contribution in [3.8, 4) is 5.69 Å². The second-order valence-corrected chi connectivity index (χ2v) is 5.23. The Morgan fingerprint density at radius 1 is 1.29 bits per heavy atom. The van der Waals surface area contributed by atoms with Crippen LogP contribution in [0.15, 0.2) is 36.5 Å². The van der Waals surface area contributed by atoms with Crippen molar-refractivity contribution in [2.45, 2.75) is 17.7 Å². The number of alkyl halides is 1. The van der Waals surface area contributed by atoms with Gasteiger partial charge in [0.05, 0.1) is 28.0 Å². The molecule has 17 heavy (non-hydrogen) atoms. The minimum absolute atomic E-state index is 0.0524. The van der Waals surface area contributed by atoms with Gasteiger partial charge in [0.25, 0.3) is 0 Å². The lowest BCUT2D eigenvalue weighted by Gasteiger charge is -2.17. The van der Waals surface area contributed by atoms with E-state index in [1.54, 1.807) is 6.20 Å². The molecule has 0 saturated heterocycles. The van der Waals surface area contributed by atoms with Crippen molar-refractivity contribution in [3.63, 3.8) is 0 Å². The monoisotopic (exact) mass is 290 g/mol. The Morgan fingerprint density at radius 2 is 2.06 bits per heavy atom. The molecule has 2 aromatic rings. The van der Waals surface area contributed by atoms with Crippen molar-refractivity contribution in [3.05, 3.63) is 47.8 Å². The lowest BCUT2D eigenvalue weighted by Crippen LogP contribution is -2.22. The number of Topliss-reactive ketones (excluding diaryl/α,β-unsaturated/α-hetero) is 1. The maximum Gasteiger partial charge on any atom is 0.179 e. The van der Waals surface area contributed by atoms with Gasteiger partial charge in [0.15, 0.2) is 5.78 Å². The van der Waals surface area contributed by atoms with Crippen LogP contribution in [0.2, 0.25) is 0 Å². The highest BCUT2D eigenvalue weighted by Gasteiger charge is 2.28. The number of para-hydroxylation sites is 1. The Bertz CT molecular complexity index is 562. The molecule has 0 radical (unpaired) electrons. The van der Waals surface area contributed by atoms with E-state index in [0.29, 0.717) is 0 Å². The molecular formula is C13H11BrN2O. The first-order valence-corrected chi connectivity index (χ1v) is 6.49. The number of hydrogen-bond acceptors (Lipinski definition) is 2. The molecule has 3 nitrogen and oxygen atoms in total.